The molecule has 1 N–H and O–H groups in total. The number of carbonyl (C=O) groups excluding carboxylic acids is 1. The Hall–Kier alpha value is -2.12. The fourth-order valence-corrected chi connectivity index (χ4v) is 2.33. The zero-order valence-corrected chi connectivity index (χ0v) is 12.8. The highest BCUT2D eigenvalue weighted by Gasteiger charge is 2.28. The van der Waals surface area contributed by atoms with E-state index >= 15 is 0 Å². The second kappa shape index (κ2) is 9.12. The van der Waals surface area contributed by atoms with Gasteiger partial charge in [-0.25, -0.2) is 0 Å². The second-order valence-corrected chi connectivity index (χ2v) is 5.13. The van der Waals surface area contributed by atoms with E-state index in [1.807, 2.05) is 30.3 Å². The molecule has 1 atom stereocenters. The minimum absolute atomic E-state index is 0.0890. The molecule has 0 aromatic heterocycles. The maximum atomic E-state index is 12.1. The largest absolute Gasteiger partial charge is 0.491 e. The number of aliphatic carboxylic acids is 1. The van der Waals surface area contributed by atoms with Crippen LogP contribution in [0.3, 0.4) is 0 Å². The number of carboxylic acids is 1. The molecular formula is C16H21NO6. The average molecular weight is 323 g/mol. The van der Waals surface area contributed by atoms with E-state index in [9.17, 15) is 9.59 Å². The van der Waals surface area contributed by atoms with E-state index in [1.54, 1.807) is 0 Å². The van der Waals surface area contributed by atoms with E-state index in [2.05, 4.69) is 0 Å². The normalized spacial score (nSPS) is 17.7. The standard InChI is InChI=1S/C16H21NO6/c18-15(17-6-7-21-11-13(17)10-16(19)20)12-22-8-9-23-14-4-2-1-3-5-14/h1-5,13H,6-12H2,(H,19,20). The fraction of sp³-hybridized carbons (Fsp3) is 0.500. The summed E-state index contributed by atoms with van der Waals surface area (Å²) in [6, 6.07) is 8.90. The Bertz CT molecular complexity index is 507. The molecule has 0 saturated carbocycles. The Morgan fingerprint density at radius 1 is 1.26 bits per heavy atom. The molecule has 1 saturated heterocycles. The van der Waals surface area contributed by atoms with Crippen molar-refractivity contribution in [3.8, 4) is 5.75 Å². The number of hydrogen-bond acceptors (Lipinski definition) is 5. The molecule has 1 aromatic carbocycles. The zero-order chi connectivity index (χ0) is 16.5. The number of rotatable bonds is 8. The van der Waals surface area contributed by atoms with Gasteiger partial charge in [-0.15, -0.1) is 0 Å². The minimum Gasteiger partial charge on any atom is -0.491 e. The van der Waals surface area contributed by atoms with Crippen LogP contribution in [0.5, 0.6) is 5.75 Å². The van der Waals surface area contributed by atoms with E-state index in [0.717, 1.165) is 5.75 Å². The van der Waals surface area contributed by atoms with E-state index in [0.29, 0.717) is 19.8 Å². The predicted molar refractivity (Wildman–Crippen MR) is 81.3 cm³/mol. The number of morpholine rings is 1. The molecule has 2 rings (SSSR count). The molecule has 0 aliphatic carbocycles. The number of amides is 1. The highest BCUT2D eigenvalue weighted by atomic mass is 16.5. The Kier molecular flexibility index (Phi) is 6.83. The van der Waals surface area contributed by atoms with E-state index < -0.39 is 12.0 Å². The summed E-state index contributed by atoms with van der Waals surface area (Å²) in [6.45, 7) is 1.59. The van der Waals surface area contributed by atoms with Crippen LogP contribution in [0.15, 0.2) is 30.3 Å². The number of ether oxygens (including phenoxy) is 3. The van der Waals surface area contributed by atoms with Crippen molar-refractivity contribution in [2.24, 2.45) is 0 Å². The van der Waals surface area contributed by atoms with Gasteiger partial charge in [0.25, 0.3) is 0 Å². The maximum absolute atomic E-state index is 12.1. The Morgan fingerprint density at radius 3 is 2.78 bits per heavy atom. The number of carbonyl (C=O) groups is 2. The van der Waals surface area contributed by atoms with Crippen molar-refractivity contribution in [2.45, 2.75) is 12.5 Å². The zero-order valence-electron chi connectivity index (χ0n) is 12.8. The van der Waals surface area contributed by atoms with Crippen LogP contribution in [0.1, 0.15) is 6.42 Å². The molecule has 7 nitrogen and oxygen atoms in total. The van der Waals surface area contributed by atoms with E-state index in [-0.39, 0.29) is 32.1 Å². The smallest absolute Gasteiger partial charge is 0.305 e. The van der Waals surface area contributed by atoms with E-state index in [4.69, 9.17) is 19.3 Å². The van der Waals surface area contributed by atoms with Gasteiger partial charge in [-0.2, -0.15) is 0 Å². The van der Waals surface area contributed by atoms with Crippen molar-refractivity contribution >= 4 is 11.9 Å². The van der Waals surface area contributed by atoms with Gasteiger partial charge in [-0.1, -0.05) is 18.2 Å². The Labute approximate surface area is 134 Å². The Morgan fingerprint density at radius 2 is 2.04 bits per heavy atom. The monoisotopic (exact) mass is 323 g/mol. The van der Waals surface area contributed by atoms with Gasteiger partial charge in [-0.05, 0) is 12.1 Å². The SMILES string of the molecule is O=C(O)CC1COCCN1C(=O)COCCOc1ccccc1. The molecule has 126 valence electrons. The van der Waals surface area contributed by atoms with Crippen LogP contribution in [0.2, 0.25) is 0 Å². The number of carboxylic acid groups (broad SMARTS) is 1. The minimum atomic E-state index is -0.949. The van der Waals surface area contributed by atoms with Crippen LogP contribution in [-0.2, 0) is 19.1 Å². The first kappa shape index (κ1) is 17.2. The summed E-state index contributed by atoms with van der Waals surface area (Å²) >= 11 is 0. The summed E-state index contributed by atoms with van der Waals surface area (Å²) in [7, 11) is 0. The van der Waals surface area contributed by atoms with Crippen molar-refractivity contribution in [2.75, 3.05) is 39.6 Å². The van der Waals surface area contributed by atoms with Gasteiger partial charge >= 0.3 is 5.97 Å². The summed E-state index contributed by atoms with van der Waals surface area (Å²) in [4.78, 5) is 24.5. The van der Waals surface area contributed by atoms with Crippen LogP contribution in [0.4, 0.5) is 0 Å². The topological polar surface area (TPSA) is 85.3 Å². The first-order valence-electron chi connectivity index (χ1n) is 7.51. The summed E-state index contributed by atoms with van der Waals surface area (Å²) < 4.78 is 16.0. The number of para-hydroxylation sites is 1. The fourth-order valence-electron chi connectivity index (χ4n) is 2.33. The van der Waals surface area contributed by atoms with Gasteiger partial charge in [0.15, 0.2) is 0 Å². The Balaban J connectivity index is 1.67. The van der Waals surface area contributed by atoms with E-state index in [1.165, 1.54) is 4.90 Å². The summed E-state index contributed by atoms with van der Waals surface area (Å²) in [6.07, 6.45) is -0.122. The number of hydrogen-bond donors (Lipinski definition) is 1. The third kappa shape index (κ3) is 5.88. The molecule has 1 aromatic rings. The lowest BCUT2D eigenvalue weighted by Crippen LogP contribution is -2.50. The number of benzene rings is 1. The highest BCUT2D eigenvalue weighted by molar-refractivity contribution is 5.79. The third-order valence-electron chi connectivity index (χ3n) is 3.42. The number of nitrogens with zero attached hydrogens (tertiary/aromatic N) is 1. The molecule has 23 heavy (non-hydrogen) atoms. The van der Waals surface area contributed by atoms with Crippen LogP contribution < -0.4 is 4.74 Å². The molecule has 1 aliphatic rings. The second-order valence-electron chi connectivity index (χ2n) is 5.13. The summed E-state index contributed by atoms with van der Waals surface area (Å²) in [5, 5.41) is 8.88. The lowest BCUT2D eigenvalue weighted by molar-refractivity contribution is -0.149. The lowest BCUT2D eigenvalue weighted by atomic mass is 10.1. The first-order valence-corrected chi connectivity index (χ1v) is 7.51. The molecule has 1 heterocycles. The molecular weight excluding hydrogens is 302 g/mol. The third-order valence-corrected chi connectivity index (χ3v) is 3.42. The van der Waals surface area contributed by atoms with Gasteiger partial charge in [0.05, 0.1) is 32.3 Å². The summed E-state index contributed by atoms with van der Waals surface area (Å²) in [5.41, 5.74) is 0. The molecule has 0 spiro atoms. The van der Waals surface area contributed by atoms with Crippen molar-refractivity contribution in [3.05, 3.63) is 30.3 Å². The molecule has 1 unspecified atom stereocenters. The maximum Gasteiger partial charge on any atom is 0.305 e. The van der Waals surface area contributed by atoms with Gasteiger partial charge in [0.2, 0.25) is 5.91 Å². The predicted octanol–water partition coefficient (Wildman–Crippen LogP) is 0.784. The first-order chi connectivity index (χ1) is 11.2. The molecule has 1 amide bonds. The van der Waals surface area contributed by atoms with Crippen molar-refractivity contribution in [1.82, 2.24) is 4.90 Å². The van der Waals surface area contributed by atoms with Gasteiger partial charge in [0.1, 0.15) is 19.0 Å². The lowest BCUT2D eigenvalue weighted by Gasteiger charge is -2.34. The van der Waals surface area contributed by atoms with Gasteiger partial charge < -0.3 is 24.2 Å². The summed E-state index contributed by atoms with van der Waals surface area (Å²) in [5.74, 6) is -0.424. The van der Waals surface area contributed by atoms with Crippen LogP contribution in [-0.4, -0.2) is 67.5 Å². The van der Waals surface area contributed by atoms with Gasteiger partial charge in [0, 0.05) is 6.54 Å². The van der Waals surface area contributed by atoms with Crippen molar-refractivity contribution < 1.29 is 28.9 Å². The highest BCUT2D eigenvalue weighted by Crippen LogP contribution is 2.11. The molecule has 7 heteroatoms. The van der Waals surface area contributed by atoms with Crippen LogP contribution in [0, 0.1) is 0 Å². The van der Waals surface area contributed by atoms with Crippen LogP contribution in [0.25, 0.3) is 0 Å². The van der Waals surface area contributed by atoms with Gasteiger partial charge in [-0.3, -0.25) is 9.59 Å². The van der Waals surface area contributed by atoms with Crippen LogP contribution >= 0.6 is 0 Å². The van der Waals surface area contributed by atoms with Crippen molar-refractivity contribution in [3.63, 3.8) is 0 Å². The molecule has 0 bridgehead atoms. The molecule has 0 radical (unpaired) electrons. The van der Waals surface area contributed by atoms with Crippen molar-refractivity contribution in [1.29, 1.82) is 0 Å². The average Bonchev–Trinajstić information content (AvgIpc) is 2.55. The molecule has 1 fully saturated rings. The molecule has 1 aliphatic heterocycles. The quantitative estimate of drug-likeness (QED) is 0.712.